The summed E-state index contributed by atoms with van der Waals surface area (Å²) in [5.74, 6) is 0. The molecule has 8 heteroatoms. The van der Waals surface area contributed by atoms with Gasteiger partial charge in [0, 0.05) is 31.6 Å². The van der Waals surface area contributed by atoms with E-state index in [0.717, 1.165) is 11.0 Å². The number of aromatic nitrogens is 2. The number of hydrogen-bond donors (Lipinski definition) is 1. The summed E-state index contributed by atoms with van der Waals surface area (Å²) in [5, 5.41) is 22.5. The normalized spacial score (nSPS) is 10.4. The molecule has 8 nitrogen and oxygen atoms in total. The first kappa shape index (κ1) is 16.2. The number of nitro groups is 2. The standard InChI is InChI=1S/C9H8N2O2.C8H6N2O2/c1-10-6-5-7-8(10)3-2-4-9(7)11(12)13;11-10(12)8-3-1-2-7-6(8)4-5-9-7/h2-6H,1H3;1-5,9H. The molecule has 0 aliphatic carbocycles. The maximum Gasteiger partial charge on any atom is 0.278 e. The molecule has 2 aromatic heterocycles. The minimum atomic E-state index is -0.379. The molecule has 0 aliphatic rings. The number of aromatic amines is 1. The highest BCUT2D eigenvalue weighted by Crippen LogP contribution is 2.25. The van der Waals surface area contributed by atoms with Gasteiger partial charge in [-0.25, -0.2) is 0 Å². The molecule has 0 radical (unpaired) electrons. The second kappa shape index (κ2) is 6.44. The van der Waals surface area contributed by atoms with E-state index in [0.29, 0.717) is 10.8 Å². The van der Waals surface area contributed by atoms with Crippen LogP contribution in [-0.2, 0) is 7.05 Å². The van der Waals surface area contributed by atoms with Crippen LogP contribution < -0.4 is 0 Å². The van der Waals surface area contributed by atoms with Crippen LogP contribution in [-0.4, -0.2) is 19.4 Å². The molecule has 25 heavy (non-hydrogen) atoms. The Labute approximate surface area is 141 Å². The van der Waals surface area contributed by atoms with Gasteiger partial charge >= 0.3 is 0 Å². The Morgan fingerprint density at radius 3 is 2.20 bits per heavy atom. The van der Waals surface area contributed by atoms with Crippen LogP contribution in [0.2, 0.25) is 0 Å². The summed E-state index contributed by atoms with van der Waals surface area (Å²) in [5.41, 5.74) is 1.99. The number of aryl methyl sites for hydroxylation is 1. The lowest BCUT2D eigenvalue weighted by Crippen LogP contribution is -1.89. The number of non-ortho nitro benzene ring substituents is 2. The van der Waals surface area contributed by atoms with Gasteiger partial charge in [-0.1, -0.05) is 12.1 Å². The molecule has 0 saturated heterocycles. The predicted molar refractivity (Wildman–Crippen MR) is 94.5 cm³/mol. The fourth-order valence-electron chi connectivity index (χ4n) is 2.67. The molecule has 126 valence electrons. The van der Waals surface area contributed by atoms with Crippen molar-refractivity contribution >= 4 is 33.2 Å². The van der Waals surface area contributed by atoms with Crippen LogP contribution in [0, 0.1) is 20.2 Å². The summed E-state index contributed by atoms with van der Waals surface area (Å²) < 4.78 is 1.86. The smallest absolute Gasteiger partial charge is 0.278 e. The first-order valence-electron chi connectivity index (χ1n) is 7.38. The van der Waals surface area contributed by atoms with Gasteiger partial charge in [-0.05, 0) is 24.3 Å². The van der Waals surface area contributed by atoms with Gasteiger partial charge < -0.3 is 9.55 Å². The van der Waals surface area contributed by atoms with Crippen molar-refractivity contribution in [2.24, 2.45) is 7.05 Å². The number of nitrogens with one attached hydrogen (secondary N) is 1. The lowest BCUT2D eigenvalue weighted by Gasteiger charge is -1.95. The highest BCUT2D eigenvalue weighted by Gasteiger charge is 2.12. The van der Waals surface area contributed by atoms with E-state index in [1.165, 1.54) is 12.1 Å². The van der Waals surface area contributed by atoms with Crippen LogP contribution in [0.4, 0.5) is 11.4 Å². The van der Waals surface area contributed by atoms with E-state index in [2.05, 4.69) is 4.98 Å². The molecule has 2 heterocycles. The van der Waals surface area contributed by atoms with E-state index in [9.17, 15) is 20.2 Å². The fraction of sp³-hybridized carbons (Fsp3) is 0.0588. The number of rotatable bonds is 2. The van der Waals surface area contributed by atoms with E-state index in [1.807, 2.05) is 29.9 Å². The molecule has 0 saturated carbocycles. The summed E-state index contributed by atoms with van der Waals surface area (Å²) in [6, 6.07) is 13.5. The lowest BCUT2D eigenvalue weighted by atomic mass is 10.2. The van der Waals surface area contributed by atoms with Crippen molar-refractivity contribution in [3.05, 3.63) is 81.2 Å². The highest BCUT2D eigenvalue weighted by atomic mass is 16.6. The first-order valence-corrected chi connectivity index (χ1v) is 7.38. The second-order valence-electron chi connectivity index (χ2n) is 5.37. The average molecular weight is 338 g/mol. The molecular weight excluding hydrogens is 324 g/mol. The lowest BCUT2D eigenvalue weighted by molar-refractivity contribution is -0.383. The van der Waals surface area contributed by atoms with Gasteiger partial charge in [-0.3, -0.25) is 20.2 Å². The van der Waals surface area contributed by atoms with Gasteiger partial charge in [-0.15, -0.1) is 0 Å². The van der Waals surface area contributed by atoms with Crippen molar-refractivity contribution in [1.82, 2.24) is 9.55 Å². The summed E-state index contributed by atoms with van der Waals surface area (Å²) in [6.07, 6.45) is 3.51. The van der Waals surface area contributed by atoms with Crippen molar-refractivity contribution in [2.45, 2.75) is 0 Å². The molecule has 0 bridgehead atoms. The molecule has 0 spiro atoms. The summed E-state index contributed by atoms with van der Waals surface area (Å²) in [4.78, 5) is 23.3. The second-order valence-corrected chi connectivity index (χ2v) is 5.37. The molecule has 4 aromatic rings. The van der Waals surface area contributed by atoms with E-state index in [4.69, 9.17) is 0 Å². The largest absolute Gasteiger partial charge is 0.361 e. The van der Waals surface area contributed by atoms with Crippen LogP contribution in [0.1, 0.15) is 0 Å². The van der Waals surface area contributed by atoms with Crippen molar-refractivity contribution in [2.75, 3.05) is 0 Å². The molecule has 0 unspecified atom stereocenters. The number of H-pyrrole nitrogens is 1. The number of fused-ring (bicyclic) bond motifs is 2. The Hall–Kier alpha value is -3.68. The van der Waals surface area contributed by atoms with Crippen LogP contribution in [0.25, 0.3) is 21.8 Å². The summed E-state index contributed by atoms with van der Waals surface area (Å²) in [7, 11) is 1.87. The van der Waals surface area contributed by atoms with Gasteiger partial charge in [0.15, 0.2) is 0 Å². The summed E-state index contributed by atoms with van der Waals surface area (Å²) in [6.45, 7) is 0. The van der Waals surface area contributed by atoms with Crippen molar-refractivity contribution in [3.63, 3.8) is 0 Å². The van der Waals surface area contributed by atoms with Crippen molar-refractivity contribution < 1.29 is 9.85 Å². The van der Waals surface area contributed by atoms with Gasteiger partial charge in [0.25, 0.3) is 11.4 Å². The third-order valence-corrected chi connectivity index (χ3v) is 3.87. The molecule has 0 fully saturated rings. The first-order chi connectivity index (χ1) is 12.0. The van der Waals surface area contributed by atoms with Gasteiger partial charge in [0.05, 0.1) is 31.7 Å². The zero-order valence-corrected chi connectivity index (χ0v) is 13.2. The Kier molecular flexibility index (Phi) is 4.17. The minimum Gasteiger partial charge on any atom is -0.361 e. The van der Waals surface area contributed by atoms with Gasteiger partial charge in [0.1, 0.15) is 0 Å². The number of hydrogen-bond acceptors (Lipinski definition) is 4. The Morgan fingerprint density at radius 1 is 0.880 bits per heavy atom. The highest BCUT2D eigenvalue weighted by molar-refractivity contribution is 5.89. The maximum atomic E-state index is 10.6. The molecule has 0 aliphatic heterocycles. The van der Waals surface area contributed by atoms with Gasteiger partial charge in [-0.2, -0.15) is 0 Å². The monoisotopic (exact) mass is 338 g/mol. The molecule has 4 rings (SSSR count). The van der Waals surface area contributed by atoms with Crippen LogP contribution in [0.5, 0.6) is 0 Å². The predicted octanol–water partition coefficient (Wildman–Crippen LogP) is 4.16. The average Bonchev–Trinajstić information content (AvgIpc) is 3.21. The van der Waals surface area contributed by atoms with Crippen LogP contribution in [0.15, 0.2) is 60.9 Å². The third kappa shape index (κ3) is 3.05. The number of benzene rings is 2. The van der Waals surface area contributed by atoms with E-state index < -0.39 is 0 Å². The minimum absolute atomic E-state index is 0.147. The molecule has 1 N–H and O–H groups in total. The molecular formula is C17H14N4O4. The molecule has 0 amide bonds. The molecule has 2 aromatic carbocycles. The van der Waals surface area contributed by atoms with Gasteiger partial charge in [0.2, 0.25) is 0 Å². The van der Waals surface area contributed by atoms with E-state index in [-0.39, 0.29) is 21.2 Å². The molecule has 0 atom stereocenters. The Balaban J connectivity index is 0.000000146. The zero-order chi connectivity index (χ0) is 18.0. The van der Waals surface area contributed by atoms with Crippen molar-refractivity contribution in [3.8, 4) is 0 Å². The van der Waals surface area contributed by atoms with Crippen molar-refractivity contribution in [1.29, 1.82) is 0 Å². The SMILES string of the molecule is Cn1ccc2c([N+](=O)[O-])cccc21.O=[N+]([O-])c1cccc2[nH]ccc12. The topological polar surface area (TPSA) is 107 Å². The fourth-order valence-corrected chi connectivity index (χ4v) is 2.67. The third-order valence-electron chi connectivity index (χ3n) is 3.87. The van der Waals surface area contributed by atoms with E-state index >= 15 is 0 Å². The Morgan fingerprint density at radius 2 is 1.52 bits per heavy atom. The Bertz CT molecular complexity index is 1080. The zero-order valence-electron chi connectivity index (χ0n) is 13.2. The summed E-state index contributed by atoms with van der Waals surface area (Å²) >= 11 is 0. The van der Waals surface area contributed by atoms with Crippen LogP contribution >= 0.6 is 0 Å². The van der Waals surface area contributed by atoms with E-state index in [1.54, 1.807) is 30.5 Å². The van der Waals surface area contributed by atoms with Crippen LogP contribution in [0.3, 0.4) is 0 Å². The number of nitrogens with zero attached hydrogens (tertiary/aromatic N) is 3. The maximum absolute atomic E-state index is 10.6. The quantitative estimate of drug-likeness (QED) is 0.437. The number of nitro benzene ring substituents is 2.